The average Bonchev–Trinajstić information content (AvgIpc) is 2.97. The number of hydrogen-bond donors (Lipinski definition) is 2. The smallest absolute Gasteiger partial charge is 0.320 e. The number of pyridine rings is 2. The highest BCUT2D eigenvalue weighted by Gasteiger charge is 2.24. The van der Waals surface area contributed by atoms with Crippen LogP contribution >= 0.6 is 0 Å². The zero-order chi connectivity index (χ0) is 19.8. The van der Waals surface area contributed by atoms with E-state index in [-0.39, 0.29) is 22.2 Å². The SMILES string of the molecule is CCS(=O)(=O)c1ccc(NC(=O)NC)nc1-c1nc2cc(C)ncc2n1C. The minimum Gasteiger partial charge on any atom is -0.341 e. The van der Waals surface area contributed by atoms with Gasteiger partial charge >= 0.3 is 6.03 Å². The van der Waals surface area contributed by atoms with Crippen LogP contribution in [0.25, 0.3) is 22.6 Å². The minimum absolute atomic E-state index is 0.0653. The first-order chi connectivity index (χ1) is 12.8. The molecule has 0 saturated carbocycles. The van der Waals surface area contributed by atoms with Gasteiger partial charge in [0.05, 0.1) is 27.9 Å². The molecule has 142 valence electrons. The first kappa shape index (κ1) is 18.8. The van der Waals surface area contributed by atoms with Gasteiger partial charge in [-0.05, 0) is 25.1 Å². The van der Waals surface area contributed by atoms with E-state index in [1.807, 2.05) is 13.0 Å². The van der Waals surface area contributed by atoms with Crippen LogP contribution in [0.2, 0.25) is 0 Å². The lowest BCUT2D eigenvalue weighted by Gasteiger charge is -2.11. The summed E-state index contributed by atoms with van der Waals surface area (Å²) in [5.41, 5.74) is 2.42. The van der Waals surface area contributed by atoms with Crippen molar-refractivity contribution in [3.63, 3.8) is 0 Å². The summed E-state index contributed by atoms with van der Waals surface area (Å²) >= 11 is 0. The van der Waals surface area contributed by atoms with Crippen molar-refractivity contribution in [2.24, 2.45) is 7.05 Å². The van der Waals surface area contributed by atoms with E-state index in [1.165, 1.54) is 19.2 Å². The van der Waals surface area contributed by atoms with E-state index < -0.39 is 15.9 Å². The first-order valence-electron chi connectivity index (χ1n) is 8.28. The van der Waals surface area contributed by atoms with Gasteiger partial charge in [-0.3, -0.25) is 10.3 Å². The van der Waals surface area contributed by atoms with Crippen LogP contribution in [-0.4, -0.2) is 46.8 Å². The summed E-state index contributed by atoms with van der Waals surface area (Å²) in [7, 11) is -0.302. The van der Waals surface area contributed by atoms with Crippen molar-refractivity contribution in [2.75, 3.05) is 18.1 Å². The molecule has 0 spiro atoms. The topological polar surface area (TPSA) is 119 Å². The lowest BCUT2D eigenvalue weighted by Crippen LogP contribution is -2.25. The van der Waals surface area contributed by atoms with Crippen molar-refractivity contribution in [1.82, 2.24) is 24.8 Å². The molecule has 3 heterocycles. The molecule has 3 aromatic rings. The van der Waals surface area contributed by atoms with Crippen molar-refractivity contribution >= 4 is 32.7 Å². The van der Waals surface area contributed by atoms with E-state index >= 15 is 0 Å². The molecule has 0 fully saturated rings. The molecule has 0 bridgehead atoms. The standard InChI is InChI=1S/C17H20N6O3S/c1-5-27(25,26)13-6-7-14(22-17(24)18-3)21-15(13)16-20-11-8-10(2)19-9-12(11)23(16)4/h6-9H,5H2,1-4H3,(H2,18,21,22,24). The number of amides is 2. The van der Waals surface area contributed by atoms with Crippen LogP contribution in [0.4, 0.5) is 10.6 Å². The molecule has 10 heteroatoms. The Morgan fingerprint density at radius 1 is 1.26 bits per heavy atom. The van der Waals surface area contributed by atoms with E-state index in [0.29, 0.717) is 11.3 Å². The summed E-state index contributed by atoms with van der Waals surface area (Å²) in [6.45, 7) is 3.42. The maximum Gasteiger partial charge on any atom is 0.320 e. The van der Waals surface area contributed by atoms with Crippen molar-refractivity contribution in [2.45, 2.75) is 18.7 Å². The number of rotatable bonds is 4. The second-order valence-corrected chi connectivity index (χ2v) is 8.21. The summed E-state index contributed by atoms with van der Waals surface area (Å²) < 4.78 is 26.9. The second-order valence-electron chi connectivity index (χ2n) is 5.96. The third kappa shape index (κ3) is 3.47. The molecular weight excluding hydrogens is 368 g/mol. The fourth-order valence-electron chi connectivity index (χ4n) is 2.66. The van der Waals surface area contributed by atoms with Gasteiger partial charge in [0, 0.05) is 19.8 Å². The highest BCUT2D eigenvalue weighted by atomic mass is 32.2. The molecule has 0 aliphatic rings. The summed E-state index contributed by atoms with van der Waals surface area (Å²) in [6.07, 6.45) is 1.68. The molecule has 2 N–H and O–H groups in total. The third-order valence-electron chi connectivity index (χ3n) is 4.16. The van der Waals surface area contributed by atoms with Crippen molar-refractivity contribution in [3.05, 3.63) is 30.1 Å². The summed E-state index contributed by atoms with van der Waals surface area (Å²) in [5, 5.41) is 4.99. The van der Waals surface area contributed by atoms with Crippen LogP contribution in [0.5, 0.6) is 0 Å². The van der Waals surface area contributed by atoms with Gasteiger partial charge in [-0.25, -0.2) is 23.2 Å². The molecule has 0 aromatic carbocycles. The fourth-order valence-corrected chi connectivity index (χ4v) is 3.68. The van der Waals surface area contributed by atoms with Gasteiger partial charge in [0.15, 0.2) is 15.7 Å². The molecule has 0 atom stereocenters. The maximum atomic E-state index is 12.6. The molecule has 0 unspecified atom stereocenters. The molecule has 2 amide bonds. The van der Waals surface area contributed by atoms with Crippen LogP contribution in [0.15, 0.2) is 29.3 Å². The Bertz CT molecular complexity index is 1140. The number of nitrogens with zero attached hydrogens (tertiary/aromatic N) is 4. The van der Waals surface area contributed by atoms with Gasteiger partial charge in [-0.2, -0.15) is 0 Å². The molecule has 0 radical (unpaired) electrons. The summed E-state index contributed by atoms with van der Waals surface area (Å²) in [4.78, 5) is 24.9. The van der Waals surface area contributed by atoms with Gasteiger partial charge < -0.3 is 9.88 Å². The first-order valence-corrected chi connectivity index (χ1v) is 9.94. The van der Waals surface area contributed by atoms with Gasteiger partial charge in [-0.1, -0.05) is 6.92 Å². The lowest BCUT2D eigenvalue weighted by molar-refractivity contribution is 0.254. The second kappa shape index (κ2) is 6.95. The van der Waals surface area contributed by atoms with Crippen LogP contribution in [-0.2, 0) is 16.9 Å². The van der Waals surface area contributed by atoms with Crippen molar-refractivity contribution < 1.29 is 13.2 Å². The number of urea groups is 1. The number of hydrogen-bond acceptors (Lipinski definition) is 6. The average molecular weight is 388 g/mol. The Morgan fingerprint density at radius 3 is 2.67 bits per heavy atom. The van der Waals surface area contributed by atoms with Gasteiger partial charge in [0.1, 0.15) is 11.5 Å². The Morgan fingerprint density at radius 2 is 2.00 bits per heavy atom. The van der Waals surface area contributed by atoms with Crippen LogP contribution < -0.4 is 10.6 Å². The number of carbonyl (C=O) groups excluding carboxylic acids is 1. The third-order valence-corrected chi connectivity index (χ3v) is 5.92. The number of aromatic nitrogens is 4. The normalized spacial score (nSPS) is 11.6. The summed E-state index contributed by atoms with van der Waals surface area (Å²) in [6, 6.07) is 4.26. The minimum atomic E-state index is -3.55. The van der Waals surface area contributed by atoms with E-state index in [1.54, 1.807) is 24.7 Å². The predicted molar refractivity (Wildman–Crippen MR) is 102 cm³/mol. The highest BCUT2D eigenvalue weighted by molar-refractivity contribution is 7.91. The molecule has 3 rings (SSSR count). The van der Waals surface area contributed by atoms with E-state index in [9.17, 15) is 13.2 Å². The summed E-state index contributed by atoms with van der Waals surface area (Å²) in [5.74, 6) is 0.528. The molecule has 27 heavy (non-hydrogen) atoms. The fraction of sp³-hybridized carbons (Fsp3) is 0.294. The number of carbonyl (C=O) groups is 1. The number of anilines is 1. The van der Waals surface area contributed by atoms with Gasteiger partial charge in [0.25, 0.3) is 0 Å². The Hall–Kier alpha value is -3.01. The number of fused-ring (bicyclic) bond motifs is 1. The molecule has 9 nitrogen and oxygen atoms in total. The van der Waals surface area contributed by atoms with Crippen LogP contribution in [0.1, 0.15) is 12.6 Å². The lowest BCUT2D eigenvalue weighted by atomic mass is 10.3. The Labute approximate surface area is 156 Å². The van der Waals surface area contributed by atoms with Crippen LogP contribution in [0.3, 0.4) is 0 Å². The predicted octanol–water partition coefficient (Wildman–Crippen LogP) is 1.88. The zero-order valence-electron chi connectivity index (χ0n) is 15.4. The van der Waals surface area contributed by atoms with Gasteiger partial charge in [0.2, 0.25) is 0 Å². The number of imidazole rings is 1. The largest absolute Gasteiger partial charge is 0.341 e. The number of nitrogens with one attached hydrogen (secondary N) is 2. The van der Waals surface area contributed by atoms with Crippen molar-refractivity contribution in [1.29, 1.82) is 0 Å². The number of sulfone groups is 1. The molecule has 0 saturated heterocycles. The molecular formula is C17H20N6O3S. The maximum absolute atomic E-state index is 12.6. The molecule has 3 aromatic heterocycles. The van der Waals surface area contributed by atoms with E-state index in [2.05, 4.69) is 25.6 Å². The van der Waals surface area contributed by atoms with Crippen molar-refractivity contribution in [3.8, 4) is 11.5 Å². The van der Waals surface area contributed by atoms with E-state index in [4.69, 9.17) is 0 Å². The Balaban J connectivity index is 2.27. The monoisotopic (exact) mass is 388 g/mol. The van der Waals surface area contributed by atoms with E-state index in [0.717, 1.165) is 11.2 Å². The Kier molecular flexibility index (Phi) is 4.83. The molecule has 0 aliphatic carbocycles. The zero-order valence-corrected chi connectivity index (χ0v) is 16.3. The quantitative estimate of drug-likeness (QED) is 0.704. The van der Waals surface area contributed by atoms with Crippen LogP contribution in [0, 0.1) is 6.92 Å². The number of aryl methyl sites for hydroxylation is 2. The van der Waals surface area contributed by atoms with Gasteiger partial charge in [-0.15, -0.1) is 0 Å². The molecule has 0 aliphatic heterocycles. The highest BCUT2D eigenvalue weighted by Crippen LogP contribution is 2.29.